The average Bonchev–Trinajstić information content (AvgIpc) is 2.92. The number of benzene rings is 1. The van der Waals surface area contributed by atoms with Crippen molar-refractivity contribution in [3.63, 3.8) is 0 Å². The predicted octanol–water partition coefficient (Wildman–Crippen LogP) is 1.76. The molecule has 21 heavy (non-hydrogen) atoms. The molecule has 0 aromatic heterocycles. The number of non-ortho nitro benzene ring substituents is 1. The van der Waals surface area contributed by atoms with E-state index in [1.54, 1.807) is 12.1 Å². The predicted molar refractivity (Wildman–Crippen MR) is 74.9 cm³/mol. The van der Waals surface area contributed by atoms with Crippen LogP contribution in [0.1, 0.15) is 32.3 Å². The summed E-state index contributed by atoms with van der Waals surface area (Å²) in [5, 5.41) is 17.6. The third-order valence-corrected chi connectivity index (χ3v) is 3.79. The summed E-state index contributed by atoms with van der Waals surface area (Å²) >= 11 is 0. The number of nitro groups is 1. The Morgan fingerprint density at radius 1 is 1.33 bits per heavy atom. The highest BCUT2D eigenvalue weighted by Gasteiger charge is 2.56. The van der Waals surface area contributed by atoms with Crippen LogP contribution in [0.5, 0.6) is 0 Å². The largest absolute Gasteiger partial charge is 0.378 e. The van der Waals surface area contributed by atoms with E-state index in [4.69, 9.17) is 4.84 Å². The summed E-state index contributed by atoms with van der Waals surface area (Å²) in [4.78, 5) is 27.8. The van der Waals surface area contributed by atoms with Crippen LogP contribution in [0.3, 0.4) is 0 Å². The van der Waals surface area contributed by atoms with Crippen molar-refractivity contribution in [3.8, 4) is 0 Å². The SMILES string of the molecule is CC1(C)C[C@@]2(CC(c3ccc([N+](=O)[O-])cc3)=NO2)C(=O)N1. The van der Waals surface area contributed by atoms with Crippen LogP contribution in [-0.4, -0.2) is 27.7 Å². The van der Waals surface area contributed by atoms with E-state index in [1.165, 1.54) is 12.1 Å². The molecule has 2 aliphatic rings. The van der Waals surface area contributed by atoms with Gasteiger partial charge in [0.2, 0.25) is 5.60 Å². The zero-order chi connectivity index (χ0) is 15.3. The Hall–Kier alpha value is -2.44. The van der Waals surface area contributed by atoms with E-state index in [2.05, 4.69) is 10.5 Å². The molecule has 1 amide bonds. The fraction of sp³-hybridized carbons (Fsp3) is 0.429. The third-order valence-electron chi connectivity index (χ3n) is 3.79. The van der Waals surface area contributed by atoms with Crippen LogP contribution in [0.25, 0.3) is 0 Å². The van der Waals surface area contributed by atoms with Crippen LogP contribution in [-0.2, 0) is 9.63 Å². The quantitative estimate of drug-likeness (QED) is 0.663. The number of carbonyl (C=O) groups is 1. The lowest BCUT2D eigenvalue weighted by Gasteiger charge is -2.19. The minimum atomic E-state index is -0.944. The van der Waals surface area contributed by atoms with Gasteiger partial charge in [0.25, 0.3) is 11.6 Å². The molecule has 1 fully saturated rings. The zero-order valence-corrected chi connectivity index (χ0v) is 11.8. The minimum Gasteiger partial charge on any atom is -0.378 e. The second-order valence-electron chi connectivity index (χ2n) is 6.12. The molecule has 1 spiro atoms. The first kappa shape index (κ1) is 13.5. The highest BCUT2D eigenvalue weighted by Crippen LogP contribution is 2.39. The summed E-state index contributed by atoms with van der Waals surface area (Å²) in [6, 6.07) is 6.08. The lowest BCUT2D eigenvalue weighted by atomic mass is 9.87. The number of oxime groups is 1. The monoisotopic (exact) mass is 289 g/mol. The lowest BCUT2D eigenvalue weighted by molar-refractivity contribution is -0.384. The van der Waals surface area contributed by atoms with Crippen molar-refractivity contribution in [1.29, 1.82) is 0 Å². The van der Waals surface area contributed by atoms with Crippen molar-refractivity contribution in [1.82, 2.24) is 5.32 Å². The normalized spacial score (nSPS) is 26.4. The maximum atomic E-state index is 12.1. The van der Waals surface area contributed by atoms with Gasteiger partial charge in [0.1, 0.15) is 0 Å². The molecule has 0 bridgehead atoms. The van der Waals surface area contributed by atoms with Gasteiger partial charge in [0.15, 0.2) is 0 Å². The molecule has 1 aromatic rings. The number of nitrogens with one attached hydrogen (secondary N) is 1. The highest BCUT2D eigenvalue weighted by atomic mass is 16.7. The van der Waals surface area contributed by atoms with Crippen molar-refractivity contribution >= 4 is 17.3 Å². The summed E-state index contributed by atoms with van der Waals surface area (Å²) in [7, 11) is 0. The lowest BCUT2D eigenvalue weighted by Crippen LogP contribution is -2.39. The van der Waals surface area contributed by atoms with Crippen molar-refractivity contribution in [2.75, 3.05) is 0 Å². The second-order valence-corrected chi connectivity index (χ2v) is 6.12. The van der Waals surface area contributed by atoms with Gasteiger partial charge in [-0.15, -0.1) is 0 Å². The van der Waals surface area contributed by atoms with Gasteiger partial charge in [-0.25, -0.2) is 0 Å². The van der Waals surface area contributed by atoms with Crippen LogP contribution >= 0.6 is 0 Å². The minimum absolute atomic E-state index is 0.0210. The summed E-state index contributed by atoms with van der Waals surface area (Å²) in [6.07, 6.45) is 0.916. The molecule has 0 saturated carbocycles. The van der Waals surface area contributed by atoms with E-state index < -0.39 is 10.5 Å². The smallest absolute Gasteiger partial charge is 0.269 e. The van der Waals surface area contributed by atoms with Gasteiger partial charge >= 0.3 is 0 Å². The molecule has 1 N–H and O–H groups in total. The van der Waals surface area contributed by atoms with Crippen molar-refractivity contribution < 1.29 is 14.6 Å². The molecule has 1 atom stereocenters. The van der Waals surface area contributed by atoms with E-state index in [9.17, 15) is 14.9 Å². The number of rotatable bonds is 2. The Kier molecular flexibility index (Phi) is 2.76. The number of nitro benzene ring substituents is 1. The fourth-order valence-corrected chi connectivity index (χ4v) is 2.88. The first-order valence-electron chi connectivity index (χ1n) is 6.64. The topological polar surface area (TPSA) is 93.8 Å². The molecule has 3 rings (SSSR count). The molecule has 1 saturated heterocycles. The van der Waals surface area contributed by atoms with E-state index in [1.807, 2.05) is 13.8 Å². The molecule has 1 aromatic carbocycles. The number of hydrogen-bond donors (Lipinski definition) is 1. The fourth-order valence-electron chi connectivity index (χ4n) is 2.88. The highest BCUT2D eigenvalue weighted by molar-refractivity contribution is 6.06. The van der Waals surface area contributed by atoms with Crippen LogP contribution in [0.2, 0.25) is 0 Å². The molecular weight excluding hydrogens is 274 g/mol. The molecule has 0 radical (unpaired) electrons. The number of carbonyl (C=O) groups excluding carboxylic acids is 1. The van der Waals surface area contributed by atoms with E-state index in [0.717, 1.165) is 5.56 Å². The Morgan fingerprint density at radius 3 is 2.52 bits per heavy atom. The molecular formula is C14H15N3O4. The van der Waals surface area contributed by atoms with Crippen LogP contribution in [0.15, 0.2) is 29.4 Å². The van der Waals surface area contributed by atoms with Crippen LogP contribution in [0.4, 0.5) is 5.69 Å². The standard InChI is InChI=1S/C14H15N3O4/c1-13(2)8-14(12(18)15-13)7-11(16-21-14)9-3-5-10(6-4-9)17(19)20/h3-6H,7-8H2,1-2H3,(H,15,18)/t14-/m0/s1. The van der Waals surface area contributed by atoms with E-state index in [0.29, 0.717) is 18.6 Å². The average molecular weight is 289 g/mol. The van der Waals surface area contributed by atoms with Gasteiger partial charge in [-0.1, -0.05) is 5.16 Å². The first-order valence-corrected chi connectivity index (χ1v) is 6.64. The molecule has 0 aliphatic carbocycles. The van der Waals surface area contributed by atoms with Gasteiger partial charge in [-0.05, 0) is 31.5 Å². The van der Waals surface area contributed by atoms with E-state index >= 15 is 0 Å². The molecule has 0 unspecified atom stereocenters. The number of amides is 1. The van der Waals surface area contributed by atoms with Crippen molar-refractivity contribution in [2.45, 2.75) is 37.8 Å². The molecule has 110 valence electrons. The Morgan fingerprint density at radius 2 is 2.00 bits per heavy atom. The first-order chi connectivity index (χ1) is 9.81. The summed E-state index contributed by atoms with van der Waals surface area (Å²) in [5.41, 5.74) is 0.124. The zero-order valence-electron chi connectivity index (χ0n) is 11.8. The maximum absolute atomic E-state index is 12.1. The van der Waals surface area contributed by atoms with Gasteiger partial charge in [-0.2, -0.15) is 0 Å². The number of nitrogens with zero attached hydrogens (tertiary/aromatic N) is 2. The summed E-state index contributed by atoms with van der Waals surface area (Å²) in [6.45, 7) is 3.87. The number of hydrogen-bond acceptors (Lipinski definition) is 5. The molecule has 2 aliphatic heterocycles. The van der Waals surface area contributed by atoms with Gasteiger partial charge in [-0.3, -0.25) is 14.9 Å². The molecule has 2 heterocycles. The molecule has 7 nitrogen and oxygen atoms in total. The van der Waals surface area contributed by atoms with Crippen LogP contribution < -0.4 is 5.32 Å². The Labute approximate surface area is 121 Å². The van der Waals surface area contributed by atoms with Gasteiger partial charge in [0.05, 0.1) is 10.6 Å². The summed E-state index contributed by atoms with van der Waals surface area (Å²) in [5.74, 6) is -0.159. The van der Waals surface area contributed by atoms with Gasteiger partial charge in [0, 0.05) is 30.5 Å². The van der Waals surface area contributed by atoms with Gasteiger partial charge < -0.3 is 10.2 Å². The Bertz CT molecular complexity index is 651. The maximum Gasteiger partial charge on any atom is 0.269 e. The van der Waals surface area contributed by atoms with E-state index in [-0.39, 0.29) is 17.1 Å². The van der Waals surface area contributed by atoms with Crippen LogP contribution in [0, 0.1) is 10.1 Å². The Balaban J connectivity index is 1.81. The molecule has 7 heteroatoms. The third kappa shape index (κ3) is 2.24. The van der Waals surface area contributed by atoms with Crippen molar-refractivity contribution in [2.24, 2.45) is 5.16 Å². The second kappa shape index (κ2) is 4.28. The summed E-state index contributed by atoms with van der Waals surface area (Å²) < 4.78 is 0. The van der Waals surface area contributed by atoms with Crippen molar-refractivity contribution in [3.05, 3.63) is 39.9 Å².